The third-order valence-corrected chi connectivity index (χ3v) is 7.21. The molecule has 0 aliphatic rings. The lowest BCUT2D eigenvalue weighted by atomic mass is 10.1. The molecule has 0 fully saturated rings. The summed E-state index contributed by atoms with van der Waals surface area (Å²) < 4.78 is 13.5. The van der Waals surface area contributed by atoms with Crippen LogP contribution in [0.2, 0.25) is 0 Å². The minimum atomic E-state index is -0.981. The van der Waals surface area contributed by atoms with Gasteiger partial charge in [-0.1, -0.05) is 74.0 Å². The van der Waals surface area contributed by atoms with Crippen molar-refractivity contribution in [2.24, 2.45) is 0 Å². The Labute approximate surface area is 165 Å². The Kier molecular flexibility index (Phi) is 5.41. The SMILES string of the molecule is CCCCS(=O)c1cc2c(-c3ccccc3)nc(-c3ccccc3)nc2s1. The predicted molar refractivity (Wildman–Crippen MR) is 114 cm³/mol. The van der Waals surface area contributed by atoms with Crippen LogP contribution in [-0.2, 0) is 10.8 Å². The van der Waals surface area contributed by atoms with E-state index in [0.717, 1.165) is 44.1 Å². The van der Waals surface area contributed by atoms with Crippen LogP contribution in [0.5, 0.6) is 0 Å². The van der Waals surface area contributed by atoms with Gasteiger partial charge in [-0.05, 0) is 12.5 Å². The molecule has 136 valence electrons. The number of nitrogens with zero attached hydrogens (tertiary/aromatic N) is 2. The van der Waals surface area contributed by atoms with Gasteiger partial charge in [0.1, 0.15) is 4.83 Å². The van der Waals surface area contributed by atoms with E-state index < -0.39 is 10.8 Å². The van der Waals surface area contributed by atoms with Gasteiger partial charge in [0.25, 0.3) is 0 Å². The van der Waals surface area contributed by atoms with Crippen molar-refractivity contribution in [3.8, 4) is 22.6 Å². The van der Waals surface area contributed by atoms with Crippen molar-refractivity contribution in [3.63, 3.8) is 0 Å². The summed E-state index contributed by atoms with van der Waals surface area (Å²) in [4.78, 5) is 10.6. The van der Waals surface area contributed by atoms with Crippen LogP contribution in [0.4, 0.5) is 0 Å². The van der Waals surface area contributed by atoms with Gasteiger partial charge >= 0.3 is 0 Å². The van der Waals surface area contributed by atoms with Crippen LogP contribution in [0.15, 0.2) is 70.9 Å². The van der Waals surface area contributed by atoms with Crippen molar-refractivity contribution in [2.45, 2.75) is 24.0 Å². The standard InChI is InChI=1S/C22H20N2OS2/c1-2-3-14-27(25)19-15-18-20(16-10-6-4-7-11-16)23-21(24-22(18)26-19)17-12-8-5-9-13-17/h4-13,15H,2-3,14H2,1H3. The first-order valence-corrected chi connectivity index (χ1v) is 11.2. The maximum Gasteiger partial charge on any atom is 0.161 e. The fourth-order valence-electron chi connectivity index (χ4n) is 2.92. The van der Waals surface area contributed by atoms with Gasteiger partial charge in [-0.3, -0.25) is 4.21 Å². The molecule has 0 spiro atoms. The third kappa shape index (κ3) is 3.84. The van der Waals surface area contributed by atoms with Gasteiger partial charge in [0.15, 0.2) is 5.82 Å². The Morgan fingerprint density at radius 2 is 1.59 bits per heavy atom. The number of benzene rings is 2. The molecule has 1 unspecified atom stereocenters. The molecule has 0 radical (unpaired) electrons. The van der Waals surface area contributed by atoms with Crippen molar-refractivity contribution in [3.05, 3.63) is 66.7 Å². The lowest BCUT2D eigenvalue weighted by Gasteiger charge is -2.06. The van der Waals surface area contributed by atoms with Crippen molar-refractivity contribution < 1.29 is 4.21 Å². The normalized spacial score (nSPS) is 12.3. The predicted octanol–water partition coefficient (Wildman–Crippen LogP) is 5.93. The van der Waals surface area contributed by atoms with E-state index in [9.17, 15) is 4.21 Å². The molecule has 0 amide bonds. The molecule has 0 N–H and O–H groups in total. The van der Waals surface area contributed by atoms with Gasteiger partial charge in [0.05, 0.1) is 20.7 Å². The molecular weight excluding hydrogens is 372 g/mol. The van der Waals surface area contributed by atoms with Gasteiger partial charge in [-0.2, -0.15) is 0 Å². The molecule has 5 heteroatoms. The molecule has 2 heterocycles. The second kappa shape index (κ2) is 8.11. The number of hydrogen-bond donors (Lipinski definition) is 0. The second-order valence-electron chi connectivity index (χ2n) is 6.32. The van der Waals surface area contributed by atoms with Crippen molar-refractivity contribution in [2.75, 3.05) is 5.75 Å². The highest BCUT2D eigenvalue weighted by molar-refractivity contribution is 7.87. The molecule has 0 saturated carbocycles. The smallest absolute Gasteiger partial charge is 0.161 e. The molecule has 0 aliphatic carbocycles. The number of aromatic nitrogens is 2. The molecule has 4 aromatic rings. The van der Waals surface area contributed by atoms with Crippen molar-refractivity contribution in [1.29, 1.82) is 0 Å². The lowest BCUT2D eigenvalue weighted by molar-refractivity contribution is 0.681. The summed E-state index contributed by atoms with van der Waals surface area (Å²) in [5, 5.41) is 0.978. The molecule has 2 aromatic heterocycles. The number of hydrogen-bond acceptors (Lipinski definition) is 4. The fourth-order valence-corrected chi connectivity index (χ4v) is 5.54. The zero-order chi connectivity index (χ0) is 18.6. The summed E-state index contributed by atoms with van der Waals surface area (Å²) in [5.74, 6) is 1.40. The molecule has 3 nitrogen and oxygen atoms in total. The number of thiophene rings is 1. The van der Waals surface area contributed by atoms with Crippen molar-refractivity contribution in [1.82, 2.24) is 9.97 Å². The van der Waals surface area contributed by atoms with Gasteiger partial charge in [0.2, 0.25) is 0 Å². The zero-order valence-corrected chi connectivity index (χ0v) is 16.7. The maximum atomic E-state index is 12.6. The third-order valence-electron chi connectivity index (χ3n) is 4.36. The Bertz CT molecular complexity index is 1080. The van der Waals surface area contributed by atoms with E-state index in [1.165, 1.54) is 11.3 Å². The molecule has 27 heavy (non-hydrogen) atoms. The number of fused-ring (bicyclic) bond motifs is 1. The summed E-state index contributed by atoms with van der Waals surface area (Å²) >= 11 is 1.52. The highest BCUT2D eigenvalue weighted by Gasteiger charge is 2.16. The summed E-state index contributed by atoms with van der Waals surface area (Å²) in [5.41, 5.74) is 2.93. The van der Waals surface area contributed by atoms with Crippen LogP contribution in [-0.4, -0.2) is 19.9 Å². The van der Waals surface area contributed by atoms with Crippen LogP contribution < -0.4 is 0 Å². The number of rotatable bonds is 6. The average molecular weight is 393 g/mol. The van der Waals surface area contributed by atoms with Gasteiger partial charge in [0, 0.05) is 22.3 Å². The summed E-state index contributed by atoms with van der Waals surface area (Å²) in [6.45, 7) is 2.12. The maximum absolute atomic E-state index is 12.6. The lowest BCUT2D eigenvalue weighted by Crippen LogP contribution is -1.94. The topological polar surface area (TPSA) is 42.9 Å². The van der Waals surface area contributed by atoms with Gasteiger partial charge < -0.3 is 0 Å². The Morgan fingerprint density at radius 3 is 2.26 bits per heavy atom. The molecule has 1 atom stereocenters. The largest absolute Gasteiger partial charge is 0.254 e. The Hall–Kier alpha value is -2.37. The molecule has 0 bridgehead atoms. The minimum absolute atomic E-state index is 0.697. The summed E-state index contributed by atoms with van der Waals surface area (Å²) in [6.07, 6.45) is 2.01. The average Bonchev–Trinajstić information content (AvgIpc) is 3.17. The number of unbranched alkanes of at least 4 members (excludes halogenated alkanes) is 1. The van der Waals surface area contributed by atoms with Crippen LogP contribution in [0, 0.1) is 0 Å². The van der Waals surface area contributed by atoms with Crippen LogP contribution >= 0.6 is 11.3 Å². The molecule has 0 saturated heterocycles. The summed E-state index contributed by atoms with van der Waals surface area (Å²) in [6, 6.07) is 22.2. The van der Waals surface area contributed by atoms with Crippen LogP contribution in [0.25, 0.3) is 32.9 Å². The highest BCUT2D eigenvalue weighted by Crippen LogP contribution is 2.35. The first kappa shape index (κ1) is 18.0. The minimum Gasteiger partial charge on any atom is -0.254 e. The molecule has 4 rings (SSSR count). The monoisotopic (exact) mass is 392 g/mol. The molecule has 0 aliphatic heterocycles. The zero-order valence-electron chi connectivity index (χ0n) is 15.1. The fraction of sp³-hybridized carbons (Fsp3) is 0.182. The van der Waals surface area contributed by atoms with Crippen LogP contribution in [0.3, 0.4) is 0 Å². The Morgan fingerprint density at radius 1 is 0.926 bits per heavy atom. The Balaban J connectivity index is 1.89. The first-order chi connectivity index (χ1) is 13.3. The van der Waals surface area contributed by atoms with E-state index in [2.05, 4.69) is 19.1 Å². The van der Waals surface area contributed by atoms with E-state index in [-0.39, 0.29) is 0 Å². The van der Waals surface area contributed by atoms with E-state index in [1.54, 1.807) is 0 Å². The van der Waals surface area contributed by atoms with E-state index in [4.69, 9.17) is 9.97 Å². The first-order valence-electron chi connectivity index (χ1n) is 9.07. The van der Waals surface area contributed by atoms with E-state index >= 15 is 0 Å². The quantitative estimate of drug-likeness (QED) is 0.408. The van der Waals surface area contributed by atoms with Gasteiger partial charge in [-0.15, -0.1) is 11.3 Å². The molecule has 2 aromatic carbocycles. The second-order valence-corrected chi connectivity index (χ2v) is 9.14. The van der Waals surface area contributed by atoms with Gasteiger partial charge in [-0.25, -0.2) is 9.97 Å². The van der Waals surface area contributed by atoms with Crippen LogP contribution in [0.1, 0.15) is 19.8 Å². The highest BCUT2D eigenvalue weighted by atomic mass is 32.2. The molecular formula is C22H20N2OS2. The van der Waals surface area contributed by atoms with E-state index in [1.807, 2.05) is 54.6 Å². The van der Waals surface area contributed by atoms with Crippen molar-refractivity contribution >= 4 is 32.4 Å². The summed E-state index contributed by atoms with van der Waals surface area (Å²) in [7, 11) is -0.981. The van der Waals surface area contributed by atoms with E-state index in [0.29, 0.717) is 11.6 Å².